The number of hydrogen-bond donors (Lipinski definition) is 2. The van der Waals surface area contributed by atoms with Gasteiger partial charge in [0.1, 0.15) is 6.61 Å². The van der Waals surface area contributed by atoms with Gasteiger partial charge in [0, 0.05) is 12.6 Å². The Morgan fingerprint density at radius 3 is 2.88 bits per heavy atom. The summed E-state index contributed by atoms with van der Waals surface area (Å²) >= 11 is 0. The van der Waals surface area contributed by atoms with Gasteiger partial charge in [-0.2, -0.15) is 0 Å². The number of rotatable bonds is 6. The van der Waals surface area contributed by atoms with Crippen LogP contribution in [-0.4, -0.2) is 23.9 Å². The fourth-order valence-electron chi connectivity index (χ4n) is 1.53. The molecule has 0 radical (unpaired) electrons. The summed E-state index contributed by atoms with van der Waals surface area (Å²) in [6.07, 6.45) is 1.85. The molecular formula is C13H18FNO2. The van der Waals surface area contributed by atoms with E-state index < -0.39 is 6.10 Å². The molecule has 1 aliphatic rings. The first-order valence-corrected chi connectivity index (χ1v) is 5.98. The molecule has 1 saturated carbocycles. The maximum atomic E-state index is 13.6. The Labute approximate surface area is 101 Å². The van der Waals surface area contributed by atoms with Crippen LogP contribution in [0.4, 0.5) is 4.39 Å². The molecule has 0 bridgehead atoms. The van der Waals surface area contributed by atoms with E-state index in [0.29, 0.717) is 12.6 Å². The van der Waals surface area contributed by atoms with Crippen molar-refractivity contribution in [2.45, 2.75) is 38.5 Å². The van der Waals surface area contributed by atoms with Gasteiger partial charge in [-0.3, -0.25) is 0 Å². The highest BCUT2D eigenvalue weighted by Gasteiger charge is 2.20. The smallest absolute Gasteiger partial charge is 0.165 e. The van der Waals surface area contributed by atoms with E-state index in [1.165, 1.54) is 18.9 Å². The highest BCUT2D eigenvalue weighted by atomic mass is 19.1. The lowest BCUT2D eigenvalue weighted by molar-refractivity contribution is 0.120. The highest BCUT2D eigenvalue weighted by molar-refractivity contribution is 5.29. The maximum Gasteiger partial charge on any atom is 0.165 e. The highest BCUT2D eigenvalue weighted by Crippen LogP contribution is 2.21. The van der Waals surface area contributed by atoms with Crippen molar-refractivity contribution in [3.05, 3.63) is 29.6 Å². The number of nitrogens with one attached hydrogen (secondary N) is 1. The third-order valence-corrected chi connectivity index (χ3v) is 2.65. The summed E-state index contributed by atoms with van der Waals surface area (Å²) in [6, 6.07) is 5.55. The van der Waals surface area contributed by atoms with Crippen molar-refractivity contribution in [1.29, 1.82) is 0 Å². The normalized spacial score (nSPS) is 16.9. The number of benzene rings is 1. The third-order valence-electron chi connectivity index (χ3n) is 2.65. The number of hydrogen-bond acceptors (Lipinski definition) is 3. The van der Waals surface area contributed by atoms with Crippen molar-refractivity contribution < 1.29 is 14.2 Å². The van der Waals surface area contributed by atoms with Gasteiger partial charge in [-0.05, 0) is 37.5 Å². The summed E-state index contributed by atoms with van der Waals surface area (Å²) in [5.41, 5.74) is 0.916. The average molecular weight is 239 g/mol. The van der Waals surface area contributed by atoms with Crippen LogP contribution >= 0.6 is 0 Å². The van der Waals surface area contributed by atoms with Crippen LogP contribution in [0.5, 0.6) is 5.75 Å². The van der Waals surface area contributed by atoms with E-state index >= 15 is 0 Å². The van der Waals surface area contributed by atoms with Crippen LogP contribution in [0.1, 0.15) is 25.3 Å². The van der Waals surface area contributed by atoms with Crippen molar-refractivity contribution in [2.24, 2.45) is 0 Å². The van der Waals surface area contributed by atoms with E-state index in [2.05, 4.69) is 5.32 Å². The Bertz CT molecular complexity index is 378. The van der Waals surface area contributed by atoms with Gasteiger partial charge >= 0.3 is 0 Å². The summed E-state index contributed by atoms with van der Waals surface area (Å²) in [5, 5.41) is 12.4. The van der Waals surface area contributed by atoms with E-state index in [1.807, 2.05) is 6.07 Å². The average Bonchev–Trinajstić information content (AvgIpc) is 3.08. The summed E-state index contributed by atoms with van der Waals surface area (Å²) in [6.45, 7) is 2.40. The zero-order valence-electron chi connectivity index (χ0n) is 9.95. The largest absolute Gasteiger partial charge is 0.488 e. The third kappa shape index (κ3) is 3.98. The standard InChI is InChI=1S/C13H18FNO2/c1-9(16)8-17-13-5-2-10(6-12(13)14)7-15-11-3-4-11/h2,5-6,9,11,15-16H,3-4,7-8H2,1H3. The lowest BCUT2D eigenvalue weighted by Crippen LogP contribution is -2.16. The fourth-order valence-corrected chi connectivity index (χ4v) is 1.53. The van der Waals surface area contributed by atoms with E-state index in [9.17, 15) is 4.39 Å². The quantitative estimate of drug-likeness (QED) is 0.796. The minimum absolute atomic E-state index is 0.108. The molecule has 1 atom stereocenters. The molecule has 1 aliphatic carbocycles. The number of aliphatic hydroxyl groups excluding tert-OH is 1. The predicted molar refractivity (Wildman–Crippen MR) is 63.4 cm³/mol. The van der Waals surface area contributed by atoms with Gasteiger partial charge in [-0.25, -0.2) is 4.39 Å². The molecule has 94 valence electrons. The van der Waals surface area contributed by atoms with E-state index in [1.54, 1.807) is 13.0 Å². The summed E-state index contributed by atoms with van der Waals surface area (Å²) in [5.74, 6) is -0.179. The molecule has 1 unspecified atom stereocenters. The second kappa shape index (κ2) is 5.47. The van der Waals surface area contributed by atoms with Crippen LogP contribution in [0.25, 0.3) is 0 Å². The summed E-state index contributed by atoms with van der Waals surface area (Å²) in [7, 11) is 0. The molecule has 0 saturated heterocycles. The molecule has 0 aliphatic heterocycles. The summed E-state index contributed by atoms with van der Waals surface area (Å²) in [4.78, 5) is 0. The van der Waals surface area contributed by atoms with Crippen LogP contribution in [0.3, 0.4) is 0 Å². The molecule has 1 aromatic rings. The van der Waals surface area contributed by atoms with Gasteiger partial charge in [0.2, 0.25) is 0 Å². The molecule has 17 heavy (non-hydrogen) atoms. The van der Waals surface area contributed by atoms with Gasteiger partial charge < -0.3 is 15.2 Å². The number of halogens is 1. The lowest BCUT2D eigenvalue weighted by atomic mass is 10.2. The Hall–Kier alpha value is -1.13. The van der Waals surface area contributed by atoms with E-state index in [4.69, 9.17) is 9.84 Å². The van der Waals surface area contributed by atoms with Gasteiger partial charge in [0.15, 0.2) is 11.6 Å². The van der Waals surface area contributed by atoms with E-state index in [0.717, 1.165) is 5.56 Å². The minimum atomic E-state index is -0.592. The molecular weight excluding hydrogens is 221 g/mol. The minimum Gasteiger partial charge on any atom is -0.488 e. The first-order chi connectivity index (χ1) is 8.15. The van der Waals surface area contributed by atoms with Crippen molar-refractivity contribution in [3.8, 4) is 5.75 Å². The van der Waals surface area contributed by atoms with Gasteiger partial charge in [0.05, 0.1) is 6.10 Å². The van der Waals surface area contributed by atoms with Crippen LogP contribution in [0, 0.1) is 5.82 Å². The molecule has 2 rings (SSSR count). The Morgan fingerprint density at radius 1 is 1.53 bits per heavy atom. The SMILES string of the molecule is CC(O)COc1ccc(CNC2CC2)cc1F. The van der Waals surface area contributed by atoms with Crippen LogP contribution < -0.4 is 10.1 Å². The molecule has 0 aromatic heterocycles. The van der Waals surface area contributed by atoms with Crippen molar-refractivity contribution in [3.63, 3.8) is 0 Å². The van der Waals surface area contributed by atoms with Crippen molar-refractivity contribution in [2.75, 3.05) is 6.61 Å². The molecule has 0 heterocycles. The first-order valence-electron chi connectivity index (χ1n) is 5.98. The first kappa shape index (κ1) is 12.3. The van der Waals surface area contributed by atoms with Gasteiger partial charge in [0.25, 0.3) is 0 Å². The Kier molecular flexibility index (Phi) is 3.97. The molecule has 0 amide bonds. The van der Waals surface area contributed by atoms with Crippen LogP contribution in [0.15, 0.2) is 18.2 Å². The fraction of sp³-hybridized carbons (Fsp3) is 0.538. The number of aliphatic hydroxyl groups is 1. The molecule has 4 heteroatoms. The lowest BCUT2D eigenvalue weighted by Gasteiger charge is -2.10. The van der Waals surface area contributed by atoms with Crippen LogP contribution in [0.2, 0.25) is 0 Å². The molecule has 0 spiro atoms. The monoisotopic (exact) mass is 239 g/mol. The molecule has 2 N–H and O–H groups in total. The van der Waals surface area contributed by atoms with Crippen molar-refractivity contribution in [1.82, 2.24) is 5.32 Å². The van der Waals surface area contributed by atoms with E-state index in [-0.39, 0.29) is 18.2 Å². The topological polar surface area (TPSA) is 41.5 Å². The molecule has 1 fully saturated rings. The molecule has 1 aromatic carbocycles. The zero-order chi connectivity index (χ0) is 12.3. The second-order valence-corrected chi connectivity index (χ2v) is 4.58. The van der Waals surface area contributed by atoms with Gasteiger partial charge in [-0.1, -0.05) is 6.07 Å². The second-order valence-electron chi connectivity index (χ2n) is 4.58. The zero-order valence-corrected chi connectivity index (χ0v) is 9.95. The van der Waals surface area contributed by atoms with Crippen molar-refractivity contribution >= 4 is 0 Å². The predicted octanol–water partition coefficient (Wildman–Crippen LogP) is 1.84. The Morgan fingerprint density at radius 2 is 2.29 bits per heavy atom. The Balaban J connectivity index is 1.90. The van der Waals surface area contributed by atoms with Gasteiger partial charge in [-0.15, -0.1) is 0 Å². The number of ether oxygens (including phenoxy) is 1. The summed E-state index contributed by atoms with van der Waals surface area (Å²) < 4.78 is 18.8. The molecule has 3 nitrogen and oxygen atoms in total. The maximum absolute atomic E-state index is 13.6. The van der Waals surface area contributed by atoms with Crippen LogP contribution in [-0.2, 0) is 6.54 Å².